The molecule has 0 aliphatic carbocycles. The summed E-state index contributed by atoms with van der Waals surface area (Å²) in [6.07, 6.45) is -2.43. The second-order valence-electron chi connectivity index (χ2n) is 7.80. The van der Waals surface area contributed by atoms with E-state index in [-0.39, 0.29) is 45.6 Å². The third-order valence-electron chi connectivity index (χ3n) is 4.95. The number of esters is 1. The number of halogens is 3. The number of imidazole rings is 1. The van der Waals surface area contributed by atoms with Gasteiger partial charge in [-0.2, -0.15) is 13.2 Å². The molecule has 3 rings (SSSR count). The lowest BCUT2D eigenvalue weighted by atomic mass is 10.1. The second-order valence-corrected chi connectivity index (χ2v) is 10.1. The molecule has 0 atom stereocenters. The van der Waals surface area contributed by atoms with Gasteiger partial charge in [-0.15, -0.1) is 0 Å². The number of pyridine rings is 2. The lowest BCUT2D eigenvalue weighted by Crippen LogP contribution is -2.39. The molecule has 0 aromatic carbocycles. The van der Waals surface area contributed by atoms with E-state index in [1.54, 1.807) is 6.92 Å². The van der Waals surface area contributed by atoms with Crippen LogP contribution < -0.4 is 4.74 Å². The fourth-order valence-electron chi connectivity index (χ4n) is 3.14. The molecule has 0 unspecified atom stereocenters. The van der Waals surface area contributed by atoms with Crippen LogP contribution in [0.2, 0.25) is 0 Å². The van der Waals surface area contributed by atoms with E-state index in [2.05, 4.69) is 15.0 Å². The summed E-state index contributed by atoms with van der Waals surface area (Å²) in [5.41, 5.74) is -2.39. The van der Waals surface area contributed by atoms with Crippen molar-refractivity contribution in [3.63, 3.8) is 0 Å². The van der Waals surface area contributed by atoms with Crippen molar-refractivity contribution in [3.05, 3.63) is 30.2 Å². The number of rotatable bonds is 7. The van der Waals surface area contributed by atoms with Gasteiger partial charge in [0.2, 0.25) is 0 Å². The van der Waals surface area contributed by atoms with Crippen LogP contribution in [0.1, 0.15) is 33.4 Å². The predicted molar refractivity (Wildman–Crippen MR) is 116 cm³/mol. The van der Waals surface area contributed by atoms with Crippen molar-refractivity contribution in [2.45, 2.75) is 44.4 Å². The first kappa shape index (κ1) is 25.4. The zero-order chi connectivity index (χ0) is 25.5. The van der Waals surface area contributed by atoms with E-state index in [1.165, 1.54) is 44.6 Å². The average Bonchev–Trinajstić information content (AvgIpc) is 3.09. The number of carbonyl (C=O) groups is 1. The van der Waals surface area contributed by atoms with Gasteiger partial charge in [0.25, 0.3) is 0 Å². The topological polar surface area (TPSA) is 113 Å². The maximum atomic E-state index is 13.1. The average molecular weight is 500 g/mol. The molecule has 3 aromatic rings. The standard InChI is InChI=1S/C21H23F3N4O5S/c1-6-32-19(29)20(3,4)33-12-8-15(34(30,31)7-2)17(26-10-12)18-27-13-9-16(21(22,23)24)25-11-14(13)28(18)5/h8-11H,6-7H2,1-5H3. The number of hydrogen-bond donors (Lipinski definition) is 0. The van der Waals surface area contributed by atoms with Crippen LogP contribution in [0.25, 0.3) is 22.6 Å². The molecule has 9 nitrogen and oxygen atoms in total. The number of carbonyl (C=O) groups excluding carboxylic acids is 1. The number of hydrogen-bond acceptors (Lipinski definition) is 8. The van der Waals surface area contributed by atoms with Crippen molar-refractivity contribution in [1.82, 2.24) is 19.5 Å². The van der Waals surface area contributed by atoms with Crippen LogP contribution in [0.3, 0.4) is 0 Å². The highest BCUT2D eigenvalue weighted by atomic mass is 32.2. The van der Waals surface area contributed by atoms with Gasteiger partial charge in [0.1, 0.15) is 22.0 Å². The molecule has 3 aromatic heterocycles. The smallest absolute Gasteiger partial charge is 0.433 e. The summed E-state index contributed by atoms with van der Waals surface area (Å²) < 4.78 is 77.0. The first-order valence-corrected chi connectivity index (χ1v) is 11.9. The van der Waals surface area contributed by atoms with Crippen molar-refractivity contribution in [2.24, 2.45) is 7.05 Å². The monoisotopic (exact) mass is 500 g/mol. The normalized spacial score (nSPS) is 12.7. The summed E-state index contributed by atoms with van der Waals surface area (Å²) in [7, 11) is -2.37. The molecule has 34 heavy (non-hydrogen) atoms. The van der Waals surface area contributed by atoms with E-state index in [0.717, 1.165) is 12.3 Å². The summed E-state index contributed by atoms with van der Waals surface area (Å²) in [4.78, 5) is 23.7. The van der Waals surface area contributed by atoms with E-state index >= 15 is 0 Å². The van der Waals surface area contributed by atoms with Crippen molar-refractivity contribution in [1.29, 1.82) is 0 Å². The molecule has 0 fully saturated rings. The molecule has 0 radical (unpaired) electrons. The molecule has 13 heteroatoms. The van der Waals surface area contributed by atoms with Gasteiger partial charge >= 0.3 is 12.1 Å². The van der Waals surface area contributed by atoms with Crippen molar-refractivity contribution < 1.29 is 35.9 Å². The van der Waals surface area contributed by atoms with Crippen molar-refractivity contribution in [3.8, 4) is 17.3 Å². The third-order valence-corrected chi connectivity index (χ3v) is 6.69. The number of ether oxygens (including phenoxy) is 2. The molecule has 0 spiro atoms. The van der Waals surface area contributed by atoms with Crippen LogP contribution in [-0.2, 0) is 32.6 Å². The van der Waals surface area contributed by atoms with E-state index in [1.807, 2.05) is 0 Å². The van der Waals surface area contributed by atoms with Gasteiger partial charge in [0.05, 0.1) is 35.8 Å². The maximum absolute atomic E-state index is 13.1. The highest BCUT2D eigenvalue weighted by Crippen LogP contribution is 2.34. The Balaban J connectivity index is 2.16. The zero-order valence-corrected chi connectivity index (χ0v) is 19.9. The number of sulfone groups is 1. The van der Waals surface area contributed by atoms with Crippen molar-refractivity contribution in [2.75, 3.05) is 12.4 Å². The van der Waals surface area contributed by atoms with E-state index in [4.69, 9.17) is 9.47 Å². The van der Waals surface area contributed by atoms with E-state index in [0.29, 0.717) is 0 Å². The molecule has 0 N–H and O–H groups in total. The van der Waals surface area contributed by atoms with Crippen LogP contribution in [-0.4, -0.2) is 51.9 Å². The second kappa shape index (κ2) is 8.85. The van der Waals surface area contributed by atoms with E-state index in [9.17, 15) is 26.4 Å². The summed E-state index contributed by atoms with van der Waals surface area (Å²) in [6.45, 7) is 6.13. The number of aromatic nitrogens is 4. The summed E-state index contributed by atoms with van der Waals surface area (Å²) in [5.74, 6) is -0.911. The SMILES string of the molecule is CCOC(=O)C(C)(C)Oc1cnc(-c2nc3cc(C(F)(F)F)ncc3n2C)c(S(=O)(=O)CC)c1. The minimum absolute atomic E-state index is 0.00591. The summed E-state index contributed by atoms with van der Waals surface area (Å²) in [6, 6.07) is 1.99. The minimum atomic E-state index is -4.66. The maximum Gasteiger partial charge on any atom is 0.433 e. The van der Waals surface area contributed by atoms with Gasteiger partial charge < -0.3 is 14.0 Å². The Hall–Kier alpha value is -3.22. The molecule has 0 saturated heterocycles. The Labute approximate surface area is 193 Å². The number of nitrogens with zero attached hydrogens (tertiary/aromatic N) is 4. The lowest BCUT2D eigenvalue weighted by molar-refractivity contribution is -0.158. The molecule has 0 aliphatic rings. The number of aryl methyl sites for hydroxylation is 1. The molecule has 184 valence electrons. The molecular weight excluding hydrogens is 477 g/mol. The van der Waals surface area contributed by atoms with Crippen LogP contribution in [0.15, 0.2) is 29.4 Å². The Bertz CT molecular complexity index is 1350. The quantitative estimate of drug-likeness (QED) is 0.453. The van der Waals surface area contributed by atoms with Gasteiger partial charge in [-0.25, -0.2) is 28.2 Å². The number of fused-ring (bicyclic) bond motifs is 1. The van der Waals surface area contributed by atoms with Crippen LogP contribution in [0.4, 0.5) is 13.2 Å². The molecule has 0 bridgehead atoms. The Morgan fingerprint density at radius 2 is 1.79 bits per heavy atom. The minimum Gasteiger partial charge on any atom is -0.474 e. The highest BCUT2D eigenvalue weighted by Gasteiger charge is 2.34. The lowest BCUT2D eigenvalue weighted by Gasteiger charge is -2.24. The molecule has 3 heterocycles. The molecule has 0 amide bonds. The molecular formula is C21H23F3N4O5S. The zero-order valence-electron chi connectivity index (χ0n) is 19.1. The summed E-state index contributed by atoms with van der Waals surface area (Å²) >= 11 is 0. The molecule has 0 aliphatic heterocycles. The Kier molecular flexibility index (Phi) is 6.62. The molecule has 0 saturated carbocycles. The van der Waals surface area contributed by atoms with Gasteiger partial charge in [-0.05, 0) is 26.8 Å². The number of alkyl halides is 3. The first-order valence-electron chi connectivity index (χ1n) is 10.2. The fraction of sp³-hybridized carbons (Fsp3) is 0.429. The predicted octanol–water partition coefficient (Wildman–Crippen LogP) is 3.56. The van der Waals surface area contributed by atoms with Gasteiger partial charge in [0.15, 0.2) is 21.3 Å². The van der Waals surface area contributed by atoms with Gasteiger partial charge in [0, 0.05) is 13.1 Å². The van der Waals surface area contributed by atoms with Crippen LogP contribution in [0, 0.1) is 0 Å². The summed E-state index contributed by atoms with van der Waals surface area (Å²) in [5, 5.41) is 0. The van der Waals surface area contributed by atoms with Crippen LogP contribution in [0.5, 0.6) is 5.75 Å². The Morgan fingerprint density at radius 1 is 1.12 bits per heavy atom. The fourth-order valence-corrected chi connectivity index (χ4v) is 4.18. The van der Waals surface area contributed by atoms with Crippen LogP contribution >= 0.6 is 0 Å². The van der Waals surface area contributed by atoms with Crippen molar-refractivity contribution >= 4 is 26.8 Å². The van der Waals surface area contributed by atoms with Gasteiger partial charge in [-0.3, -0.25) is 0 Å². The van der Waals surface area contributed by atoms with Gasteiger partial charge in [-0.1, -0.05) is 6.92 Å². The third kappa shape index (κ3) is 4.83. The Morgan fingerprint density at radius 3 is 2.38 bits per heavy atom. The largest absolute Gasteiger partial charge is 0.474 e. The van der Waals surface area contributed by atoms with E-state index < -0.39 is 33.3 Å². The highest BCUT2D eigenvalue weighted by molar-refractivity contribution is 7.91. The first-order chi connectivity index (χ1) is 15.7.